The maximum Gasteiger partial charge on any atom is 0.213 e. The predicted molar refractivity (Wildman–Crippen MR) is 137 cm³/mol. The van der Waals surface area contributed by atoms with Gasteiger partial charge in [-0.3, -0.25) is 4.79 Å². The fraction of sp³-hybridized carbons (Fsp3) is 0.586. The summed E-state index contributed by atoms with van der Waals surface area (Å²) in [6, 6.07) is 8.97. The van der Waals surface area contributed by atoms with E-state index in [1.54, 1.807) is 38.1 Å². The van der Waals surface area contributed by atoms with E-state index in [0.29, 0.717) is 5.75 Å². The van der Waals surface area contributed by atoms with Gasteiger partial charge in [0.05, 0.1) is 12.2 Å². The van der Waals surface area contributed by atoms with Gasteiger partial charge in [0, 0.05) is 22.3 Å². The van der Waals surface area contributed by atoms with Crippen molar-refractivity contribution in [1.82, 2.24) is 0 Å². The molecule has 4 fully saturated rings. The van der Waals surface area contributed by atoms with Crippen molar-refractivity contribution in [2.24, 2.45) is 22.7 Å². The highest BCUT2D eigenvalue weighted by molar-refractivity contribution is 7.80. The van der Waals surface area contributed by atoms with E-state index in [4.69, 9.17) is 26.4 Å². The normalized spacial score (nSPS) is 46.7. The van der Waals surface area contributed by atoms with Crippen LogP contribution in [-0.2, 0) is 14.3 Å². The molecule has 204 valence electrons. The second-order valence-electron chi connectivity index (χ2n) is 12.2. The molecule has 1 heterocycles. The third-order valence-corrected chi connectivity index (χ3v) is 10.3. The van der Waals surface area contributed by atoms with Crippen LogP contribution in [0.25, 0.3) is 0 Å². The average molecular weight is 549 g/mol. The van der Waals surface area contributed by atoms with E-state index in [9.17, 15) is 14.3 Å². The van der Waals surface area contributed by atoms with E-state index in [1.807, 2.05) is 13.0 Å². The SMILES string of the molecule is CC1(C)O[C@@H]2C[C@H]3[C@@H]4C[C@H](F)C5=C(F)C(=O)C=C[C@]5(C)[C@@]4(F)[C@@H](O)C[C@]3(C)[C@]2(C(=S)Oc2ccccc2)O1. The Bertz CT molecular complexity index is 1280. The van der Waals surface area contributed by atoms with Gasteiger partial charge in [0.2, 0.25) is 10.8 Å². The van der Waals surface area contributed by atoms with Gasteiger partial charge in [-0.15, -0.1) is 0 Å². The maximum absolute atomic E-state index is 17.5. The summed E-state index contributed by atoms with van der Waals surface area (Å²) in [6.45, 7) is 6.77. The van der Waals surface area contributed by atoms with Gasteiger partial charge in [0.15, 0.2) is 22.9 Å². The Balaban J connectivity index is 1.47. The Morgan fingerprint density at radius 2 is 1.82 bits per heavy atom. The van der Waals surface area contributed by atoms with Gasteiger partial charge in [0.25, 0.3) is 0 Å². The number of carbonyl (C=O) groups excluding carboxylic acids is 1. The van der Waals surface area contributed by atoms with Gasteiger partial charge in [0.1, 0.15) is 11.9 Å². The lowest BCUT2D eigenvalue weighted by Gasteiger charge is -2.63. The second-order valence-corrected chi connectivity index (χ2v) is 12.6. The Morgan fingerprint density at radius 3 is 2.50 bits per heavy atom. The van der Waals surface area contributed by atoms with Crippen LogP contribution in [0.5, 0.6) is 5.75 Å². The average Bonchev–Trinajstić information content (AvgIpc) is 3.25. The first-order valence-corrected chi connectivity index (χ1v) is 13.4. The van der Waals surface area contributed by atoms with Crippen molar-refractivity contribution in [3.05, 3.63) is 53.9 Å². The molecule has 1 saturated heterocycles. The number of ketones is 1. The largest absolute Gasteiger partial charge is 0.447 e. The monoisotopic (exact) mass is 548 g/mol. The molecule has 0 radical (unpaired) electrons. The lowest BCUT2D eigenvalue weighted by atomic mass is 9.44. The minimum absolute atomic E-state index is 0.108. The minimum atomic E-state index is -2.43. The molecule has 38 heavy (non-hydrogen) atoms. The van der Waals surface area contributed by atoms with E-state index < -0.39 is 75.3 Å². The van der Waals surface area contributed by atoms with Crippen LogP contribution in [-0.4, -0.2) is 51.4 Å². The van der Waals surface area contributed by atoms with Crippen molar-refractivity contribution < 1.29 is 37.3 Å². The molecule has 0 amide bonds. The summed E-state index contributed by atoms with van der Waals surface area (Å²) in [4.78, 5) is 12.0. The molecule has 1 aromatic carbocycles. The number of aliphatic hydroxyl groups excluding tert-OH is 1. The third-order valence-electron chi connectivity index (χ3n) is 9.96. The van der Waals surface area contributed by atoms with Crippen molar-refractivity contribution in [2.45, 2.75) is 82.4 Å². The zero-order chi connectivity index (χ0) is 27.5. The first-order chi connectivity index (χ1) is 17.7. The predicted octanol–water partition coefficient (Wildman–Crippen LogP) is 5.51. The van der Waals surface area contributed by atoms with Crippen LogP contribution in [0, 0.1) is 22.7 Å². The third kappa shape index (κ3) is 3.04. The molecule has 3 saturated carbocycles. The molecule has 1 N–H and O–H groups in total. The Morgan fingerprint density at radius 1 is 1.13 bits per heavy atom. The first-order valence-electron chi connectivity index (χ1n) is 13.0. The molecule has 1 aromatic rings. The highest BCUT2D eigenvalue weighted by Crippen LogP contribution is 2.73. The van der Waals surface area contributed by atoms with E-state index in [2.05, 4.69) is 0 Å². The first kappa shape index (κ1) is 26.2. The van der Waals surface area contributed by atoms with Crippen LogP contribution in [0.3, 0.4) is 0 Å². The number of aliphatic hydroxyl groups is 1. The number of fused-ring (bicyclic) bond motifs is 7. The number of thiocarbonyl (C=S) groups is 1. The molecule has 0 unspecified atom stereocenters. The molecule has 6 rings (SSSR count). The van der Waals surface area contributed by atoms with Gasteiger partial charge < -0.3 is 19.3 Å². The number of hydrogen-bond donors (Lipinski definition) is 1. The lowest BCUT2D eigenvalue weighted by Crippen LogP contribution is -2.71. The number of ether oxygens (including phenoxy) is 3. The molecule has 9 atom stereocenters. The number of allylic oxidation sites excluding steroid dienone is 4. The summed E-state index contributed by atoms with van der Waals surface area (Å²) in [6.07, 6.45) is -2.20. The lowest BCUT2D eigenvalue weighted by molar-refractivity contribution is -0.240. The quantitative estimate of drug-likeness (QED) is 0.492. The molecule has 5 nitrogen and oxygen atoms in total. The summed E-state index contributed by atoms with van der Waals surface area (Å²) in [5, 5.41) is 11.7. The van der Waals surface area contributed by atoms with Gasteiger partial charge in [-0.1, -0.05) is 31.2 Å². The number of rotatable bonds is 2. The summed E-state index contributed by atoms with van der Waals surface area (Å²) < 4.78 is 67.2. The van der Waals surface area contributed by atoms with Crippen molar-refractivity contribution in [2.75, 3.05) is 0 Å². The van der Waals surface area contributed by atoms with E-state index >= 15 is 8.78 Å². The standard InChI is InChI=1S/C29H31F3O5S/c1-25(2)36-21-13-16-17-12-18(30)22-23(31)19(33)10-11-26(22,3)28(17,32)20(34)14-27(16,4)29(21,37-25)24(38)35-15-8-6-5-7-9-15/h5-11,16-18,20-21,34H,12-14H2,1-4H3/t16-,17-,18-,20-,21+,26-,27-,28-,29-/m0/s1. The topological polar surface area (TPSA) is 65.0 Å². The van der Waals surface area contributed by atoms with E-state index in [1.165, 1.54) is 13.0 Å². The summed E-state index contributed by atoms with van der Waals surface area (Å²) in [7, 11) is 0. The molecule has 0 bridgehead atoms. The number of hydrogen-bond acceptors (Lipinski definition) is 6. The molecule has 9 heteroatoms. The smallest absolute Gasteiger partial charge is 0.213 e. The maximum atomic E-state index is 17.5. The van der Waals surface area contributed by atoms with Crippen LogP contribution in [0.1, 0.15) is 47.0 Å². The summed E-state index contributed by atoms with van der Waals surface area (Å²) >= 11 is 5.86. The van der Waals surface area contributed by atoms with Crippen molar-refractivity contribution >= 4 is 23.1 Å². The van der Waals surface area contributed by atoms with Crippen LogP contribution >= 0.6 is 12.2 Å². The fourth-order valence-corrected chi connectivity index (χ4v) is 8.92. The molecule has 0 spiro atoms. The van der Waals surface area contributed by atoms with Gasteiger partial charge >= 0.3 is 0 Å². The van der Waals surface area contributed by atoms with Gasteiger partial charge in [-0.2, -0.15) is 0 Å². The van der Waals surface area contributed by atoms with Crippen molar-refractivity contribution in [3.8, 4) is 5.75 Å². The molecular formula is C29H31F3O5S. The summed E-state index contributed by atoms with van der Waals surface area (Å²) in [5.41, 5.74) is -7.11. The number of carbonyl (C=O) groups is 1. The van der Waals surface area contributed by atoms with E-state index in [0.717, 1.165) is 6.08 Å². The minimum Gasteiger partial charge on any atom is -0.447 e. The molecule has 0 aromatic heterocycles. The molecule has 1 aliphatic heterocycles. The Kier molecular flexibility index (Phi) is 5.50. The Labute approximate surface area is 225 Å². The zero-order valence-corrected chi connectivity index (χ0v) is 22.5. The summed E-state index contributed by atoms with van der Waals surface area (Å²) in [5.74, 6) is -4.37. The number of halogens is 3. The van der Waals surface area contributed by atoms with Crippen LogP contribution in [0.2, 0.25) is 0 Å². The fourth-order valence-electron chi connectivity index (χ4n) is 8.42. The van der Waals surface area contributed by atoms with Gasteiger partial charge in [-0.25, -0.2) is 13.2 Å². The van der Waals surface area contributed by atoms with Crippen molar-refractivity contribution in [1.29, 1.82) is 0 Å². The number of benzene rings is 1. The molecule has 4 aliphatic carbocycles. The molecule has 5 aliphatic rings. The second kappa shape index (κ2) is 7.99. The Hall–Kier alpha value is -2.07. The zero-order valence-electron chi connectivity index (χ0n) is 21.7. The highest BCUT2D eigenvalue weighted by Gasteiger charge is 2.80. The van der Waals surface area contributed by atoms with Crippen LogP contribution in [0.15, 0.2) is 53.9 Å². The van der Waals surface area contributed by atoms with Crippen LogP contribution < -0.4 is 4.74 Å². The van der Waals surface area contributed by atoms with Crippen molar-refractivity contribution in [3.63, 3.8) is 0 Å². The number of alkyl halides is 2. The van der Waals surface area contributed by atoms with Gasteiger partial charge in [-0.05, 0) is 76.4 Å². The highest BCUT2D eigenvalue weighted by atomic mass is 32.1. The van der Waals surface area contributed by atoms with E-state index in [-0.39, 0.29) is 24.3 Å². The number of para-hydroxylation sites is 1. The van der Waals surface area contributed by atoms with Crippen LogP contribution in [0.4, 0.5) is 13.2 Å². The molecular weight excluding hydrogens is 517 g/mol.